The van der Waals surface area contributed by atoms with E-state index >= 15 is 0 Å². The smallest absolute Gasteiger partial charge is 0.267 e. The van der Waals surface area contributed by atoms with Gasteiger partial charge in [-0.1, -0.05) is 34.1 Å². The number of carbonyl (C=O) groups is 1. The Balaban J connectivity index is 1.91. The van der Waals surface area contributed by atoms with Crippen molar-refractivity contribution >= 4 is 27.5 Å². The van der Waals surface area contributed by atoms with Crippen LogP contribution >= 0.6 is 15.9 Å². The highest BCUT2D eigenvalue weighted by atomic mass is 79.9. The summed E-state index contributed by atoms with van der Waals surface area (Å²) in [5, 5.41) is 4.25. The van der Waals surface area contributed by atoms with Crippen LogP contribution in [0, 0.1) is 0 Å². The molecule has 24 heavy (non-hydrogen) atoms. The molecule has 2 aromatic heterocycles. The quantitative estimate of drug-likeness (QED) is 0.556. The number of hydrogen-bond donors (Lipinski definition) is 1. The predicted molar refractivity (Wildman–Crippen MR) is 95.7 cm³/mol. The Hall–Kier alpha value is -2.86. The molecule has 118 valence electrons. The number of benzene rings is 1. The highest BCUT2D eigenvalue weighted by Crippen LogP contribution is 2.12. The van der Waals surface area contributed by atoms with Crippen molar-refractivity contribution in [3.05, 3.63) is 94.5 Å². The van der Waals surface area contributed by atoms with Crippen LogP contribution in [0.15, 0.2) is 82.6 Å². The standard InChI is InChI=1S/C18H13BrN4O/c19-14-7-5-6-13(12-14)18(24)23-22-17(15-8-1-3-10-20-15)16-9-2-4-11-21-16/h1-12H,(H,23,24). The van der Waals surface area contributed by atoms with E-state index in [9.17, 15) is 4.79 Å². The first kappa shape index (κ1) is 16.0. The molecule has 3 rings (SSSR count). The van der Waals surface area contributed by atoms with Gasteiger partial charge in [-0.15, -0.1) is 0 Å². The maximum absolute atomic E-state index is 12.3. The Morgan fingerprint density at radius 2 is 1.58 bits per heavy atom. The fourth-order valence-corrected chi connectivity index (χ4v) is 2.45. The Labute approximate surface area is 147 Å². The molecule has 3 aromatic rings. The third kappa shape index (κ3) is 3.91. The van der Waals surface area contributed by atoms with Crippen molar-refractivity contribution < 1.29 is 4.79 Å². The number of nitrogens with one attached hydrogen (secondary N) is 1. The topological polar surface area (TPSA) is 67.2 Å². The van der Waals surface area contributed by atoms with Crippen molar-refractivity contribution in [2.75, 3.05) is 0 Å². The summed E-state index contributed by atoms with van der Waals surface area (Å²) in [6, 6.07) is 18.1. The van der Waals surface area contributed by atoms with E-state index in [1.807, 2.05) is 42.5 Å². The lowest BCUT2D eigenvalue weighted by molar-refractivity contribution is 0.0955. The first-order valence-electron chi connectivity index (χ1n) is 7.20. The molecule has 6 heteroatoms. The Bertz CT molecular complexity index is 825. The summed E-state index contributed by atoms with van der Waals surface area (Å²) < 4.78 is 0.828. The molecule has 1 amide bonds. The van der Waals surface area contributed by atoms with Crippen LogP contribution in [0.3, 0.4) is 0 Å². The molecule has 1 aromatic carbocycles. The average Bonchev–Trinajstić information content (AvgIpc) is 2.63. The summed E-state index contributed by atoms with van der Waals surface area (Å²) in [5.41, 5.74) is 4.84. The molecule has 0 aliphatic heterocycles. The van der Waals surface area contributed by atoms with Crippen molar-refractivity contribution in [2.45, 2.75) is 0 Å². The van der Waals surface area contributed by atoms with Gasteiger partial charge < -0.3 is 0 Å². The van der Waals surface area contributed by atoms with Gasteiger partial charge in [0.2, 0.25) is 0 Å². The van der Waals surface area contributed by atoms with Crippen LogP contribution in [0.25, 0.3) is 0 Å². The summed E-state index contributed by atoms with van der Waals surface area (Å²) in [7, 11) is 0. The minimum atomic E-state index is -0.305. The van der Waals surface area contributed by atoms with E-state index in [1.165, 1.54) is 0 Å². The highest BCUT2D eigenvalue weighted by molar-refractivity contribution is 9.10. The van der Waals surface area contributed by atoms with Gasteiger partial charge >= 0.3 is 0 Å². The van der Waals surface area contributed by atoms with E-state index in [1.54, 1.807) is 30.6 Å². The molecule has 2 heterocycles. The van der Waals surface area contributed by atoms with Crippen molar-refractivity contribution in [2.24, 2.45) is 5.10 Å². The summed E-state index contributed by atoms with van der Waals surface area (Å²) in [5.74, 6) is -0.305. The zero-order valence-electron chi connectivity index (χ0n) is 12.6. The average molecular weight is 381 g/mol. The summed E-state index contributed by atoms with van der Waals surface area (Å²) in [6.07, 6.45) is 3.34. The molecule has 0 saturated heterocycles. The second-order valence-electron chi connectivity index (χ2n) is 4.84. The Kier molecular flexibility index (Phi) is 5.08. The van der Waals surface area contributed by atoms with E-state index in [0.717, 1.165) is 4.47 Å². The summed E-state index contributed by atoms with van der Waals surface area (Å²) >= 11 is 3.35. The van der Waals surface area contributed by atoms with Gasteiger partial charge in [-0.2, -0.15) is 5.10 Å². The molecule has 0 spiro atoms. The molecule has 5 nitrogen and oxygen atoms in total. The van der Waals surface area contributed by atoms with Crippen LogP contribution in [0.5, 0.6) is 0 Å². The molecule has 0 unspecified atom stereocenters. The van der Waals surface area contributed by atoms with Gasteiger partial charge in [0.25, 0.3) is 5.91 Å². The number of hydrazone groups is 1. The van der Waals surface area contributed by atoms with E-state index < -0.39 is 0 Å². The molecule has 0 radical (unpaired) electrons. The van der Waals surface area contributed by atoms with Crippen molar-refractivity contribution in [3.8, 4) is 0 Å². The molecule has 0 aliphatic rings. The van der Waals surface area contributed by atoms with Crippen LogP contribution in [0.1, 0.15) is 21.7 Å². The van der Waals surface area contributed by atoms with Crippen molar-refractivity contribution in [1.82, 2.24) is 15.4 Å². The Morgan fingerprint density at radius 1 is 0.917 bits per heavy atom. The fourth-order valence-electron chi connectivity index (χ4n) is 2.05. The monoisotopic (exact) mass is 380 g/mol. The molecular weight excluding hydrogens is 368 g/mol. The van der Waals surface area contributed by atoms with Crippen LogP contribution < -0.4 is 5.43 Å². The number of hydrogen-bond acceptors (Lipinski definition) is 4. The zero-order valence-corrected chi connectivity index (χ0v) is 14.1. The maximum Gasteiger partial charge on any atom is 0.271 e. The molecule has 0 saturated carbocycles. The number of aromatic nitrogens is 2. The number of halogens is 1. The van der Waals surface area contributed by atoms with Gasteiger partial charge in [-0.05, 0) is 42.5 Å². The molecule has 0 atom stereocenters. The lowest BCUT2D eigenvalue weighted by Crippen LogP contribution is -2.21. The summed E-state index contributed by atoms with van der Waals surface area (Å²) in [4.78, 5) is 20.9. The third-order valence-electron chi connectivity index (χ3n) is 3.17. The largest absolute Gasteiger partial charge is 0.271 e. The number of nitrogens with zero attached hydrogens (tertiary/aromatic N) is 3. The number of carbonyl (C=O) groups excluding carboxylic acids is 1. The van der Waals surface area contributed by atoms with E-state index in [2.05, 4.69) is 36.4 Å². The molecule has 0 fully saturated rings. The highest BCUT2D eigenvalue weighted by Gasteiger charge is 2.11. The van der Waals surface area contributed by atoms with E-state index in [0.29, 0.717) is 22.7 Å². The van der Waals surface area contributed by atoms with E-state index in [4.69, 9.17) is 0 Å². The van der Waals surface area contributed by atoms with Gasteiger partial charge in [0.15, 0.2) is 0 Å². The number of pyridine rings is 2. The van der Waals surface area contributed by atoms with E-state index in [-0.39, 0.29) is 5.91 Å². The van der Waals surface area contributed by atoms with Gasteiger partial charge in [0.1, 0.15) is 5.71 Å². The fraction of sp³-hybridized carbons (Fsp3) is 0. The third-order valence-corrected chi connectivity index (χ3v) is 3.66. The molecule has 1 N–H and O–H groups in total. The lowest BCUT2D eigenvalue weighted by atomic mass is 10.1. The molecule has 0 bridgehead atoms. The van der Waals surface area contributed by atoms with Gasteiger partial charge in [0, 0.05) is 22.4 Å². The predicted octanol–water partition coefficient (Wildman–Crippen LogP) is 3.42. The Morgan fingerprint density at radius 3 is 2.12 bits per heavy atom. The van der Waals surface area contributed by atoms with Crippen LogP contribution in [0.2, 0.25) is 0 Å². The SMILES string of the molecule is O=C(NN=C(c1ccccn1)c1ccccn1)c1cccc(Br)c1. The zero-order chi connectivity index (χ0) is 16.8. The summed E-state index contributed by atoms with van der Waals surface area (Å²) in [6.45, 7) is 0. The van der Waals surface area contributed by atoms with Crippen molar-refractivity contribution in [1.29, 1.82) is 0 Å². The first-order valence-corrected chi connectivity index (χ1v) is 8.00. The number of amides is 1. The number of rotatable bonds is 4. The maximum atomic E-state index is 12.3. The lowest BCUT2D eigenvalue weighted by Gasteiger charge is -2.06. The second kappa shape index (κ2) is 7.61. The van der Waals surface area contributed by atoms with Crippen LogP contribution in [-0.4, -0.2) is 21.6 Å². The molecular formula is C18H13BrN4O. The van der Waals surface area contributed by atoms with Gasteiger partial charge in [-0.3, -0.25) is 14.8 Å². The second-order valence-corrected chi connectivity index (χ2v) is 5.76. The van der Waals surface area contributed by atoms with Crippen molar-refractivity contribution in [3.63, 3.8) is 0 Å². The minimum Gasteiger partial charge on any atom is -0.267 e. The van der Waals surface area contributed by atoms with Gasteiger partial charge in [0.05, 0.1) is 11.4 Å². The minimum absolute atomic E-state index is 0.305. The molecule has 0 aliphatic carbocycles. The van der Waals surface area contributed by atoms with Crippen LogP contribution in [0.4, 0.5) is 0 Å². The normalized spacial score (nSPS) is 10.0. The van der Waals surface area contributed by atoms with Gasteiger partial charge in [-0.25, -0.2) is 5.43 Å². The van der Waals surface area contributed by atoms with Crippen LogP contribution in [-0.2, 0) is 0 Å². The first-order chi connectivity index (χ1) is 11.7.